The van der Waals surface area contributed by atoms with E-state index >= 15 is 0 Å². The van der Waals surface area contributed by atoms with Gasteiger partial charge in [-0.15, -0.1) is 0 Å². The molecule has 1 heterocycles. The maximum atomic E-state index is 9.01. The number of rotatable bonds is 3. The van der Waals surface area contributed by atoms with Gasteiger partial charge in [0.2, 0.25) is 0 Å². The zero-order chi connectivity index (χ0) is 13.0. The Labute approximate surface area is 118 Å². The van der Waals surface area contributed by atoms with Gasteiger partial charge in [-0.1, -0.05) is 17.7 Å². The van der Waals surface area contributed by atoms with Crippen LogP contribution in [0.15, 0.2) is 41.1 Å². The van der Waals surface area contributed by atoms with Gasteiger partial charge in [0.1, 0.15) is 24.0 Å². The molecule has 0 aliphatic carbocycles. The minimum Gasteiger partial charge on any atom is -0.487 e. The van der Waals surface area contributed by atoms with Crippen molar-refractivity contribution in [3.8, 4) is 11.8 Å². The van der Waals surface area contributed by atoms with E-state index in [0.29, 0.717) is 22.9 Å². The standard InChI is InChI=1S/C13H8BrClN2O/c14-10-4-9(6-17-7-10)8-18-13-3-1-2-12(15)11(13)5-16/h1-4,6-7H,8H2. The molecular formula is C13H8BrClN2O. The number of halogens is 2. The van der Waals surface area contributed by atoms with E-state index < -0.39 is 0 Å². The van der Waals surface area contributed by atoms with Crippen molar-refractivity contribution in [1.82, 2.24) is 4.98 Å². The Balaban J connectivity index is 2.16. The van der Waals surface area contributed by atoms with E-state index in [9.17, 15) is 0 Å². The third kappa shape index (κ3) is 3.00. The average Bonchev–Trinajstić information content (AvgIpc) is 2.36. The molecule has 0 radical (unpaired) electrons. The second kappa shape index (κ2) is 5.85. The number of hydrogen-bond acceptors (Lipinski definition) is 3. The number of nitrogens with zero attached hydrogens (tertiary/aromatic N) is 2. The van der Waals surface area contributed by atoms with Crippen LogP contribution in [0.2, 0.25) is 5.02 Å². The lowest BCUT2D eigenvalue weighted by atomic mass is 10.2. The van der Waals surface area contributed by atoms with Crippen LogP contribution in [0.1, 0.15) is 11.1 Å². The van der Waals surface area contributed by atoms with Gasteiger partial charge in [0.25, 0.3) is 0 Å². The summed E-state index contributed by atoms with van der Waals surface area (Å²) in [6.07, 6.45) is 3.41. The molecule has 3 nitrogen and oxygen atoms in total. The predicted molar refractivity (Wildman–Crippen MR) is 72.4 cm³/mol. The first-order valence-corrected chi connectivity index (χ1v) is 6.28. The van der Waals surface area contributed by atoms with E-state index in [1.165, 1.54) is 0 Å². The molecule has 0 unspecified atom stereocenters. The van der Waals surface area contributed by atoms with E-state index in [1.807, 2.05) is 12.1 Å². The first-order valence-electron chi connectivity index (χ1n) is 5.11. The first-order chi connectivity index (χ1) is 8.70. The minimum atomic E-state index is 0.335. The predicted octanol–water partition coefficient (Wildman–Crippen LogP) is 3.95. The molecule has 0 bridgehead atoms. The summed E-state index contributed by atoms with van der Waals surface area (Å²) >= 11 is 9.25. The summed E-state index contributed by atoms with van der Waals surface area (Å²) in [6.45, 7) is 0.335. The molecule has 18 heavy (non-hydrogen) atoms. The molecule has 0 aliphatic heterocycles. The Morgan fingerprint density at radius 2 is 2.22 bits per heavy atom. The van der Waals surface area contributed by atoms with Gasteiger partial charge in [0, 0.05) is 22.4 Å². The molecule has 0 atom stereocenters. The number of aromatic nitrogens is 1. The summed E-state index contributed by atoms with van der Waals surface area (Å²) in [5.41, 5.74) is 1.26. The average molecular weight is 324 g/mol. The molecular weight excluding hydrogens is 316 g/mol. The lowest BCUT2D eigenvalue weighted by Crippen LogP contribution is -1.98. The lowest BCUT2D eigenvalue weighted by Gasteiger charge is -2.08. The maximum absolute atomic E-state index is 9.01. The fraction of sp³-hybridized carbons (Fsp3) is 0.0769. The fourth-order valence-electron chi connectivity index (χ4n) is 1.43. The second-order valence-electron chi connectivity index (χ2n) is 3.52. The van der Waals surface area contributed by atoms with Crippen molar-refractivity contribution in [1.29, 1.82) is 5.26 Å². The molecule has 0 amide bonds. The number of pyridine rings is 1. The van der Waals surface area contributed by atoms with Crippen LogP contribution in [-0.4, -0.2) is 4.98 Å². The Bertz CT molecular complexity index is 610. The zero-order valence-electron chi connectivity index (χ0n) is 9.23. The van der Waals surface area contributed by atoms with Gasteiger partial charge >= 0.3 is 0 Å². The van der Waals surface area contributed by atoms with Crippen LogP contribution in [0.25, 0.3) is 0 Å². The maximum Gasteiger partial charge on any atom is 0.139 e. The van der Waals surface area contributed by atoms with E-state index in [0.717, 1.165) is 10.0 Å². The lowest BCUT2D eigenvalue weighted by molar-refractivity contribution is 0.305. The van der Waals surface area contributed by atoms with Crippen LogP contribution in [-0.2, 0) is 6.61 Å². The highest BCUT2D eigenvalue weighted by Gasteiger charge is 2.07. The number of ether oxygens (including phenoxy) is 1. The molecule has 0 spiro atoms. The Hall–Kier alpha value is -1.57. The van der Waals surface area contributed by atoms with Crippen molar-refractivity contribution in [2.45, 2.75) is 6.61 Å². The third-order valence-corrected chi connectivity index (χ3v) is 2.99. The van der Waals surface area contributed by atoms with Crippen LogP contribution in [0.3, 0.4) is 0 Å². The van der Waals surface area contributed by atoms with Gasteiger partial charge in [-0.3, -0.25) is 4.98 Å². The van der Waals surface area contributed by atoms with Crippen LogP contribution in [0.5, 0.6) is 5.75 Å². The van der Waals surface area contributed by atoms with Gasteiger partial charge < -0.3 is 4.74 Å². The van der Waals surface area contributed by atoms with Gasteiger partial charge in [-0.2, -0.15) is 5.26 Å². The molecule has 90 valence electrons. The van der Waals surface area contributed by atoms with Gasteiger partial charge in [0.05, 0.1) is 5.02 Å². The summed E-state index contributed by atoms with van der Waals surface area (Å²) in [5.74, 6) is 0.477. The van der Waals surface area contributed by atoms with Crippen molar-refractivity contribution in [3.05, 3.63) is 57.3 Å². The number of hydrogen-bond donors (Lipinski definition) is 0. The molecule has 1 aromatic carbocycles. The molecule has 0 fully saturated rings. The fourth-order valence-corrected chi connectivity index (χ4v) is 2.05. The molecule has 2 aromatic rings. The van der Waals surface area contributed by atoms with Gasteiger partial charge in [0.15, 0.2) is 0 Å². The number of benzene rings is 1. The molecule has 2 rings (SSSR count). The molecule has 0 aliphatic rings. The van der Waals surface area contributed by atoms with Crippen molar-refractivity contribution in [2.24, 2.45) is 0 Å². The third-order valence-electron chi connectivity index (χ3n) is 2.24. The summed E-state index contributed by atoms with van der Waals surface area (Å²) in [5, 5.41) is 9.40. The molecule has 0 saturated carbocycles. The van der Waals surface area contributed by atoms with Crippen molar-refractivity contribution < 1.29 is 4.74 Å². The molecule has 0 N–H and O–H groups in total. The molecule has 0 saturated heterocycles. The highest BCUT2D eigenvalue weighted by molar-refractivity contribution is 9.10. The SMILES string of the molecule is N#Cc1c(Cl)cccc1OCc1cncc(Br)c1. The second-order valence-corrected chi connectivity index (χ2v) is 4.85. The van der Waals surface area contributed by atoms with Crippen LogP contribution >= 0.6 is 27.5 Å². The smallest absolute Gasteiger partial charge is 0.139 e. The van der Waals surface area contributed by atoms with Gasteiger partial charge in [-0.25, -0.2) is 0 Å². The topological polar surface area (TPSA) is 45.9 Å². The number of nitriles is 1. The minimum absolute atomic E-state index is 0.335. The van der Waals surface area contributed by atoms with E-state index in [2.05, 4.69) is 20.9 Å². The molecule has 1 aromatic heterocycles. The Morgan fingerprint density at radius 1 is 1.39 bits per heavy atom. The van der Waals surface area contributed by atoms with E-state index in [1.54, 1.807) is 30.6 Å². The van der Waals surface area contributed by atoms with Crippen LogP contribution < -0.4 is 4.74 Å². The first kappa shape index (κ1) is 12.9. The summed E-state index contributed by atoms with van der Waals surface area (Å²) in [6, 6.07) is 9.06. The normalized spacial score (nSPS) is 9.83. The quantitative estimate of drug-likeness (QED) is 0.859. The van der Waals surface area contributed by atoms with Crippen LogP contribution in [0, 0.1) is 11.3 Å². The van der Waals surface area contributed by atoms with E-state index in [-0.39, 0.29) is 0 Å². The summed E-state index contributed by atoms with van der Waals surface area (Å²) < 4.78 is 6.47. The van der Waals surface area contributed by atoms with Crippen molar-refractivity contribution >= 4 is 27.5 Å². The largest absolute Gasteiger partial charge is 0.487 e. The van der Waals surface area contributed by atoms with Crippen molar-refractivity contribution in [2.75, 3.05) is 0 Å². The monoisotopic (exact) mass is 322 g/mol. The summed E-state index contributed by atoms with van der Waals surface area (Å²) in [4.78, 5) is 4.04. The van der Waals surface area contributed by atoms with Crippen molar-refractivity contribution in [3.63, 3.8) is 0 Å². The summed E-state index contributed by atoms with van der Waals surface area (Å²) in [7, 11) is 0. The van der Waals surface area contributed by atoms with E-state index in [4.69, 9.17) is 21.6 Å². The van der Waals surface area contributed by atoms with Crippen LogP contribution in [0.4, 0.5) is 0 Å². The highest BCUT2D eigenvalue weighted by Crippen LogP contribution is 2.26. The highest BCUT2D eigenvalue weighted by atomic mass is 79.9. The van der Waals surface area contributed by atoms with Gasteiger partial charge in [-0.05, 0) is 34.1 Å². The molecule has 5 heteroatoms. The Morgan fingerprint density at radius 3 is 2.94 bits per heavy atom. The zero-order valence-corrected chi connectivity index (χ0v) is 11.6. The Kier molecular flexibility index (Phi) is 4.19.